The molecule has 0 fully saturated rings. The molecule has 2 N–H and O–H groups in total. The zero-order valence-electron chi connectivity index (χ0n) is 13.2. The number of likely N-dealkylation sites (N-methyl/N-ethyl adjacent to an activating group) is 1. The van der Waals surface area contributed by atoms with Crippen LogP contribution in [0.3, 0.4) is 0 Å². The molecule has 8 heteroatoms. The molecule has 2 amide bonds. The molecule has 0 saturated heterocycles. The Labute approximate surface area is 142 Å². The second-order valence-electron chi connectivity index (χ2n) is 5.02. The summed E-state index contributed by atoms with van der Waals surface area (Å²) in [4.78, 5) is 35.4. The smallest absolute Gasteiger partial charge is 0.348 e. The highest BCUT2D eigenvalue weighted by molar-refractivity contribution is 7.20. The van der Waals surface area contributed by atoms with Crippen LogP contribution in [0.1, 0.15) is 23.5 Å². The van der Waals surface area contributed by atoms with Gasteiger partial charge in [0.2, 0.25) is 5.91 Å². The Hall–Kier alpha value is -2.48. The van der Waals surface area contributed by atoms with Gasteiger partial charge in [0, 0.05) is 16.6 Å². The molecule has 24 heavy (non-hydrogen) atoms. The number of nitrogens with one attached hydrogen (secondary N) is 2. The first-order valence-electron chi connectivity index (χ1n) is 7.34. The quantitative estimate of drug-likeness (QED) is 0.777. The summed E-state index contributed by atoms with van der Waals surface area (Å²) in [6.07, 6.45) is 0. The molecule has 0 bridgehead atoms. The third-order valence-electron chi connectivity index (χ3n) is 3.17. The molecule has 1 aromatic carbocycles. The molecule has 1 aromatic heterocycles. The number of rotatable bonds is 6. The number of fused-ring (bicyclic) bond motifs is 1. The third kappa shape index (κ3) is 4.29. The van der Waals surface area contributed by atoms with Gasteiger partial charge in [0.05, 0.1) is 0 Å². The summed E-state index contributed by atoms with van der Waals surface area (Å²) in [7, 11) is 0. The lowest BCUT2D eigenvalue weighted by molar-refractivity contribution is -0.130. The van der Waals surface area contributed by atoms with E-state index in [0.29, 0.717) is 16.6 Å². The number of hydrogen-bond donors (Lipinski definition) is 2. The van der Waals surface area contributed by atoms with Crippen molar-refractivity contribution in [2.45, 2.75) is 19.9 Å². The molecule has 6 nitrogen and oxygen atoms in total. The fraction of sp³-hybridized carbons (Fsp3) is 0.312. The highest BCUT2D eigenvalue weighted by Gasteiger charge is 2.18. The lowest BCUT2D eigenvalue weighted by Crippen LogP contribution is -2.46. The van der Waals surface area contributed by atoms with E-state index in [2.05, 4.69) is 10.6 Å². The minimum absolute atomic E-state index is 0.208. The summed E-state index contributed by atoms with van der Waals surface area (Å²) in [5, 5.41) is 5.33. The second kappa shape index (κ2) is 7.87. The summed E-state index contributed by atoms with van der Waals surface area (Å²) < 4.78 is 19.1. The predicted octanol–water partition coefficient (Wildman–Crippen LogP) is 1.84. The number of thiophene rings is 1. The van der Waals surface area contributed by atoms with E-state index in [0.717, 1.165) is 11.3 Å². The maximum absolute atomic E-state index is 13.6. The van der Waals surface area contributed by atoms with E-state index >= 15 is 0 Å². The predicted molar refractivity (Wildman–Crippen MR) is 88.4 cm³/mol. The van der Waals surface area contributed by atoms with Gasteiger partial charge < -0.3 is 15.4 Å². The SMILES string of the molecule is CCNC(=O)[C@H](C)NC(=O)COC(=O)c1cc2c(F)cccc2s1. The number of carbonyl (C=O) groups excluding carboxylic acids is 3. The summed E-state index contributed by atoms with van der Waals surface area (Å²) in [6.45, 7) is 3.23. The van der Waals surface area contributed by atoms with Gasteiger partial charge in [-0.3, -0.25) is 9.59 Å². The average Bonchev–Trinajstić information content (AvgIpc) is 2.98. The number of amides is 2. The molecule has 1 heterocycles. The van der Waals surface area contributed by atoms with E-state index < -0.39 is 30.3 Å². The standard InChI is InChI=1S/C16H17FN2O4S/c1-3-18-15(21)9(2)19-14(20)8-23-16(22)13-7-10-11(17)5-4-6-12(10)24-13/h4-7,9H,3,8H2,1-2H3,(H,18,21)(H,19,20)/t9-/m0/s1. The second-order valence-corrected chi connectivity index (χ2v) is 6.11. The summed E-state index contributed by atoms with van der Waals surface area (Å²) >= 11 is 1.09. The fourth-order valence-electron chi connectivity index (χ4n) is 2.00. The van der Waals surface area contributed by atoms with Crippen molar-refractivity contribution >= 4 is 39.2 Å². The van der Waals surface area contributed by atoms with E-state index in [9.17, 15) is 18.8 Å². The van der Waals surface area contributed by atoms with Gasteiger partial charge in [-0.25, -0.2) is 9.18 Å². The van der Waals surface area contributed by atoms with Gasteiger partial charge in [0.25, 0.3) is 5.91 Å². The first-order chi connectivity index (χ1) is 11.4. The van der Waals surface area contributed by atoms with Crippen molar-refractivity contribution in [3.05, 3.63) is 35.0 Å². The first kappa shape index (κ1) is 17.9. The molecule has 2 rings (SSSR count). The molecule has 0 radical (unpaired) electrons. The van der Waals surface area contributed by atoms with E-state index in [-0.39, 0.29) is 10.8 Å². The zero-order valence-corrected chi connectivity index (χ0v) is 14.0. The van der Waals surface area contributed by atoms with Gasteiger partial charge in [-0.15, -0.1) is 11.3 Å². The molecule has 0 spiro atoms. The maximum Gasteiger partial charge on any atom is 0.348 e. The van der Waals surface area contributed by atoms with Crippen LogP contribution in [0.25, 0.3) is 10.1 Å². The molecule has 0 saturated carbocycles. The van der Waals surface area contributed by atoms with Gasteiger partial charge >= 0.3 is 5.97 Å². The van der Waals surface area contributed by atoms with E-state index in [4.69, 9.17) is 4.74 Å². The monoisotopic (exact) mass is 352 g/mol. The number of carbonyl (C=O) groups is 3. The summed E-state index contributed by atoms with van der Waals surface area (Å²) in [5.41, 5.74) is 0. The Morgan fingerprint density at radius 1 is 1.33 bits per heavy atom. The van der Waals surface area contributed by atoms with Crippen LogP contribution in [-0.2, 0) is 14.3 Å². The van der Waals surface area contributed by atoms with Crippen molar-refractivity contribution in [2.75, 3.05) is 13.2 Å². The third-order valence-corrected chi connectivity index (χ3v) is 4.25. The Balaban J connectivity index is 1.91. The Morgan fingerprint density at radius 3 is 2.75 bits per heavy atom. The zero-order chi connectivity index (χ0) is 17.7. The van der Waals surface area contributed by atoms with Gasteiger partial charge in [-0.1, -0.05) is 6.07 Å². The van der Waals surface area contributed by atoms with Crippen molar-refractivity contribution in [1.82, 2.24) is 10.6 Å². The number of benzene rings is 1. The van der Waals surface area contributed by atoms with Crippen molar-refractivity contribution < 1.29 is 23.5 Å². The largest absolute Gasteiger partial charge is 0.451 e. The van der Waals surface area contributed by atoms with Crippen molar-refractivity contribution in [2.24, 2.45) is 0 Å². The Morgan fingerprint density at radius 2 is 2.08 bits per heavy atom. The first-order valence-corrected chi connectivity index (χ1v) is 8.16. The van der Waals surface area contributed by atoms with E-state index in [1.54, 1.807) is 19.1 Å². The van der Waals surface area contributed by atoms with Gasteiger partial charge in [-0.05, 0) is 32.0 Å². The summed E-state index contributed by atoms with van der Waals surface area (Å²) in [5.74, 6) is -2.04. The molecular formula is C16H17FN2O4S. The molecule has 0 aliphatic heterocycles. The Bertz CT molecular complexity index is 775. The van der Waals surface area contributed by atoms with Crippen LogP contribution in [0.15, 0.2) is 24.3 Å². The molecular weight excluding hydrogens is 335 g/mol. The number of hydrogen-bond acceptors (Lipinski definition) is 5. The molecule has 2 aromatic rings. The van der Waals surface area contributed by atoms with Crippen LogP contribution in [0, 0.1) is 5.82 Å². The molecule has 0 aliphatic carbocycles. The van der Waals surface area contributed by atoms with Crippen LogP contribution >= 0.6 is 11.3 Å². The Kier molecular flexibility index (Phi) is 5.86. The van der Waals surface area contributed by atoms with Crippen LogP contribution in [0.4, 0.5) is 4.39 Å². The maximum atomic E-state index is 13.6. The summed E-state index contributed by atoms with van der Waals surface area (Å²) in [6, 6.07) is 5.22. The van der Waals surface area contributed by atoms with Gasteiger partial charge in [-0.2, -0.15) is 0 Å². The van der Waals surface area contributed by atoms with E-state index in [1.807, 2.05) is 0 Å². The van der Waals surface area contributed by atoms with Gasteiger partial charge in [0.1, 0.15) is 16.7 Å². The lowest BCUT2D eigenvalue weighted by atomic mass is 10.2. The number of halogens is 1. The van der Waals surface area contributed by atoms with Crippen LogP contribution in [0.2, 0.25) is 0 Å². The average molecular weight is 352 g/mol. The molecule has 0 unspecified atom stereocenters. The lowest BCUT2D eigenvalue weighted by Gasteiger charge is -2.13. The fourth-order valence-corrected chi connectivity index (χ4v) is 2.97. The van der Waals surface area contributed by atoms with Crippen LogP contribution in [-0.4, -0.2) is 37.0 Å². The van der Waals surface area contributed by atoms with Crippen molar-refractivity contribution in [3.63, 3.8) is 0 Å². The minimum Gasteiger partial charge on any atom is -0.451 e. The molecule has 128 valence electrons. The van der Waals surface area contributed by atoms with Gasteiger partial charge in [0.15, 0.2) is 6.61 Å². The highest BCUT2D eigenvalue weighted by Crippen LogP contribution is 2.27. The number of esters is 1. The molecule has 1 atom stereocenters. The topological polar surface area (TPSA) is 84.5 Å². The number of ether oxygens (including phenoxy) is 1. The van der Waals surface area contributed by atoms with Crippen LogP contribution in [0.5, 0.6) is 0 Å². The highest BCUT2D eigenvalue weighted by atomic mass is 32.1. The minimum atomic E-state index is -0.727. The van der Waals surface area contributed by atoms with Crippen molar-refractivity contribution in [1.29, 1.82) is 0 Å². The van der Waals surface area contributed by atoms with E-state index in [1.165, 1.54) is 19.1 Å². The normalized spacial score (nSPS) is 11.8. The van der Waals surface area contributed by atoms with Crippen LogP contribution < -0.4 is 10.6 Å². The van der Waals surface area contributed by atoms with Crippen molar-refractivity contribution in [3.8, 4) is 0 Å². The molecule has 0 aliphatic rings.